The summed E-state index contributed by atoms with van der Waals surface area (Å²) in [6, 6.07) is 4.90. The van der Waals surface area contributed by atoms with Crippen molar-refractivity contribution in [3.05, 3.63) is 29.6 Å². The second-order valence-electron chi connectivity index (χ2n) is 4.73. The fraction of sp³-hybridized carbons (Fsp3) is 0.462. The standard InChI is InChI=1S/C13H18FN3O/c1-9(18)16-10-5-6-17(7-10)8-11-12(14)3-2-4-13(11)15/h2-4,10H,5-8,15H2,1H3,(H,16,18). The van der Waals surface area contributed by atoms with Gasteiger partial charge >= 0.3 is 0 Å². The zero-order valence-electron chi connectivity index (χ0n) is 10.4. The number of hydrogen-bond acceptors (Lipinski definition) is 3. The first-order valence-electron chi connectivity index (χ1n) is 6.08. The molecule has 1 aliphatic rings. The van der Waals surface area contributed by atoms with Crippen LogP contribution in [0.4, 0.5) is 10.1 Å². The molecule has 1 atom stereocenters. The molecule has 1 aromatic carbocycles. The highest BCUT2D eigenvalue weighted by Gasteiger charge is 2.24. The third kappa shape index (κ3) is 2.98. The smallest absolute Gasteiger partial charge is 0.217 e. The molecular weight excluding hydrogens is 233 g/mol. The number of nitrogen functional groups attached to an aromatic ring is 1. The molecule has 0 aromatic heterocycles. The van der Waals surface area contributed by atoms with Gasteiger partial charge in [-0.15, -0.1) is 0 Å². The van der Waals surface area contributed by atoms with Crippen molar-refractivity contribution in [2.24, 2.45) is 0 Å². The number of nitrogens with one attached hydrogen (secondary N) is 1. The van der Waals surface area contributed by atoms with Gasteiger partial charge < -0.3 is 11.1 Å². The molecule has 98 valence electrons. The molecule has 1 aliphatic heterocycles. The zero-order chi connectivity index (χ0) is 13.1. The molecule has 1 aromatic rings. The van der Waals surface area contributed by atoms with Crippen molar-refractivity contribution in [1.82, 2.24) is 10.2 Å². The van der Waals surface area contributed by atoms with E-state index in [2.05, 4.69) is 10.2 Å². The van der Waals surface area contributed by atoms with E-state index in [4.69, 9.17) is 5.73 Å². The largest absolute Gasteiger partial charge is 0.398 e. The Balaban J connectivity index is 1.97. The van der Waals surface area contributed by atoms with Gasteiger partial charge in [-0.3, -0.25) is 9.69 Å². The molecule has 1 saturated heterocycles. The number of nitrogens with two attached hydrogens (primary N) is 1. The number of benzene rings is 1. The summed E-state index contributed by atoms with van der Waals surface area (Å²) < 4.78 is 13.6. The van der Waals surface area contributed by atoms with E-state index in [1.807, 2.05) is 0 Å². The lowest BCUT2D eigenvalue weighted by Crippen LogP contribution is -2.35. The first-order valence-corrected chi connectivity index (χ1v) is 6.08. The third-order valence-electron chi connectivity index (χ3n) is 3.22. The van der Waals surface area contributed by atoms with E-state index in [1.54, 1.807) is 12.1 Å². The average Bonchev–Trinajstić information content (AvgIpc) is 2.70. The molecule has 1 fully saturated rings. The molecule has 0 aliphatic carbocycles. The van der Waals surface area contributed by atoms with Crippen LogP contribution in [0.2, 0.25) is 0 Å². The van der Waals surface area contributed by atoms with Gasteiger partial charge in [0.2, 0.25) is 5.91 Å². The highest BCUT2D eigenvalue weighted by molar-refractivity contribution is 5.73. The summed E-state index contributed by atoms with van der Waals surface area (Å²) in [5.74, 6) is -0.287. The molecule has 0 radical (unpaired) electrons. The van der Waals surface area contributed by atoms with E-state index < -0.39 is 0 Å². The topological polar surface area (TPSA) is 58.4 Å². The second kappa shape index (κ2) is 5.35. The number of rotatable bonds is 3. The van der Waals surface area contributed by atoms with E-state index in [0.29, 0.717) is 17.8 Å². The molecule has 4 nitrogen and oxygen atoms in total. The Labute approximate surface area is 106 Å². The molecule has 1 heterocycles. The van der Waals surface area contributed by atoms with E-state index in [0.717, 1.165) is 19.5 Å². The Kier molecular flexibility index (Phi) is 3.81. The fourth-order valence-corrected chi connectivity index (χ4v) is 2.35. The van der Waals surface area contributed by atoms with E-state index >= 15 is 0 Å². The number of halogens is 1. The lowest BCUT2D eigenvalue weighted by molar-refractivity contribution is -0.119. The minimum Gasteiger partial charge on any atom is -0.398 e. The van der Waals surface area contributed by atoms with Gasteiger partial charge in [0.15, 0.2) is 0 Å². The molecule has 5 heteroatoms. The molecule has 1 unspecified atom stereocenters. The van der Waals surface area contributed by atoms with Crippen molar-refractivity contribution < 1.29 is 9.18 Å². The lowest BCUT2D eigenvalue weighted by atomic mass is 10.1. The van der Waals surface area contributed by atoms with Crippen LogP contribution in [0.1, 0.15) is 18.9 Å². The molecule has 1 amide bonds. The van der Waals surface area contributed by atoms with Crippen molar-refractivity contribution in [3.8, 4) is 0 Å². The van der Waals surface area contributed by atoms with Gasteiger partial charge in [0.05, 0.1) is 0 Å². The summed E-state index contributed by atoms with van der Waals surface area (Å²) in [6.45, 7) is 3.60. The molecule has 18 heavy (non-hydrogen) atoms. The third-order valence-corrected chi connectivity index (χ3v) is 3.22. The van der Waals surface area contributed by atoms with E-state index in [1.165, 1.54) is 13.0 Å². The highest BCUT2D eigenvalue weighted by atomic mass is 19.1. The number of nitrogens with zero attached hydrogens (tertiary/aromatic N) is 1. The van der Waals surface area contributed by atoms with Gasteiger partial charge in [0, 0.05) is 43.9 Å². The number of likely N-dealkylation sites (tertiary alicyclic amines) is 1. The number of amides is 1. The SMILES string of the molecule is CC(=O)NC1CCN(Cc2c(N)cccc2F)C1. The van der Waals surface area contributed by atoms with Crippen molar-refractivity contribution in [3.63, 3.8) is 0 Å². The number of carbonyl (C=O) groups is 1. The molecule has 3 N–H and O–H groups in total. The average molecular weight is 251 g/mol. The van der Waals surface area contributed by atoms with Crippen molar-refractivity contribution in [2.75, 3.05) is 18.8 Å². The Morgan fingerprint density at radius 2 is 2.39 bits per heavy atom. The summed E-state index contributed by atoms with van der Waals surface area (Å²) in [7, 11) is 0. The minimum absolute atomic E-state index is 0.0211. The van der Waals surface area contributed by atoms with Crippen LogP contribution >= 0.6 is 0 Å². The lowest BCUT2D eigenvalue weighted by Gasteiger charge is -2.17. The highest BCUT2D eigenvalue weighted by Crippen LogP contribution is 2.20. The van der Waals surface area contributed by atoms with Crippen LogP contribution in [0.25, 0.3) is 0 Å². The minimum atomic E-state index is -0.266. The normalized spacial score (nSPS) is 20.0. The summed E-state index contributed by atoms with van der Waals surface area (Å²) in [6.07, 6.45) is 0.897. The Bertz CT molecular complexity index is 430. The van der Waals surface area contributed by atoms with Crippen LogP contribution in [-0.4, -0.2) is 29.9 Å². The molecule has 0 bridgehead atoms. The summed E-state index contributed by atoms with van der Waals surface area (Å²) in [5, 5.41) is 2.88. The second-order valence-corrected chi connectivity index (χ2v) is 4.73. The molecule has 0 saturated carbocycles. The summed E-state index contributed by atoms with van der Waals surface area (Å²) in [5.41, 5.74) is 6.81. The maximum Gasteiger partial charge on any atom is 0.217 e. The first kappa shape index (κ1) is 12.8. The van der Waals surface area contributed by atoms with Crippen molar-refractivity contribution >= 4 is 11.6 Å². The Morgan fingerprint density at radius 1 is 1.61 bits per heavy atom. The van der Waals surface area contributed by atoms with Gasteiger partial charge in [-0.05, 0) is 18.6 Å². The van der Waals surface area contributed by atoms with Gasteiger partial charge in [0.25, 0.3) is 0 Å². The quantitative estimate of drug-likeness (QED) is 0.791. The first-order chi connectivity index (χ1) is 8.56. The zero-order valence-corrected chi connectivity index (χ0v) is 10.4. The monoisotopic (exact) mass is 251 g/mol. The molecule has 0 spiro atoms. The van der Waals surface area contributed by atoms with E-state index in [9.17, 15) is 9.18 Å². The Morgan fingerprint density at radius 3 is 3.06 bits per heavy atom. The Hall–Kier alpha value is -1.62. The summed E-state index contributed by atoms with van der Waals surface area (Å²) >= 11 is 0. The van der Waals surface area contributed by atoms with E-state index in [-0.39, 0.29) is 17.8 Å². The maximum atomic E-state index is 13.6. The molecular formula is C13H18FN3O. The van der Waals surface area contributed by atoms with Crippen LogP contribution in [0.3, 0.4) is 0 Å². The van der Waals surface area contributed by atoms with Crippen LogP contribution in [0.5, 0.6) is 0 Å². The van der Waals surface area contributed by atoms with Crippen LogP contribution in [-0.2, 0) is 11.3 Å². The predicted molar refractivity (Wildman–Crippen MR) is 68.3 cm³/mol. The predicted octanol–water partition coefficient (Wildman–Crippen LogP) is 1.12. The van der Waals surface area contributed by atoms with Crippen LogP contribution in [0.15, 0.2) is 18.2 Å². The number of anilines is 1. The van der Waals surface area contributed by atoms with Gasteiger partial charge in [-0.1, -0.05) is 6.07 Å². The van der Waals surface area contributed by atoms with Crippen molar-refractivity contribution in [1.29, 1.82) is 0 Å². The maximum absolute atomic E-state index is 13.6. The van der Waals surface area contributed by atoms with Gasteiger partial charge in [0.1, 0.15) is 5.82 Å². The van der Waals surface area contributed by atoms with Crippen LogP contribution in [0, 0.1) is 5.82 Å². The summed E-state index contributed by atoms with van der Waals surface area (Å²) in [4.78, 5) is 13.1. The molecule has 2 rings (SSSR count). The van der Waals surface area contributed by atoms with Gasteiger partial charge in [-0.2, -0.15) is 0 Å². The van der Waals surface area contributed by atoms with Crippen molar-refractivity contribution in [2.45, 2.75) is 25.9 Å². The number of carbonyl (C=O) groups excluding carboxylic acids is 1. The number of hydrogen-bond donors (Lipinski definition) is 2. The fourth-order valence-electron chi connectivity index (χ4n) is 2.35. The van der Waals surface area contributed by atoms with Crippen LogP contribution < -0.4 is 11.1 Å². The van der Waals surface area contributed by atoms with Gasteiger partial charge in [-0.25, -0.2) is 4.39 Å².